The number of carbonyl (C=O) groups excluding carboxylic acids is 2. The van der Waals surface area contributed by atoms with E-state index in [1.807, 2.05) is 57.2 Å². The van der Waals surface area contributed by atoms with Gasteiger partial charge in [-0.2, -0.15) is 0 Å². The molecule has 2 amide bonds. The number of hydrogen-bond acceptors (Lipinski definition) is 3. The lowest BCUT2D eigenvalue weighted by Crippen LogP contribution is -2.43. The van der Waals surface area contributed by atoms with E-state index < -0.39 is 0 Å². The number of nitrogens with one attached hydrogen (secondary N) is 2. The summed E-state index contributed by atoms with van der Waals surface area (Å²) < 4.78 is 0. The number of amides is 2. The molecule has 0 bridgehead atoms. The van der Waals surface area contributed by atoms with Gasteiger partial charge in [-0.1, -0.05) is 12.1 Å². The van der Waals surface area contributed by atoms with Crippen LogP contribution in [0.1, 0.15) is 42.6 Å². The molecule has 0 atom stereocenters. The number of H-pyrrole nitrogens is 1. The molecule has 2 aromatic rings. The third-order valence-corrected chi connectivity index (χ3v) is 4.80. The van der Waals surface area contributed by atoms with Crippen molar-refractivity contribution in [3.63, 3.8) is 0 Å². The summed E-state index contributed by atoms with van der Waals surface area (Å²) in [5, 5.41) is 2.86. The van der Waals surface area contributed by atoms with Gasteiger partial charge in [-0.25, -0.2) is 4.98 Å². The van der Waals surface area contributed by atoms with Gasteiger partial charge in [-0.05, 0) is 57.4 Å². The van der Waals surface area contributed by atoms with E-state index in [1.54, 1.807) is 6.20 Å². The number of benzene rings is 1. The number of anilines is 2. The molecule has 3 rings (SSSR count). The van der Waals surface area contributed by atoms with Crippen LogP contribution in [0.4, 0.5) is 11.5 Å². The molecule has 1 aliphatic rings. The van der Waals surface area contributed by atoms with Crippen LogP contribution >= 0.6 is 0 Å². The molecule has 6 nitrogen and oxygen atoms in total. The highest BCUT2D eigenvalue weighted by molar-refractivity contribution is 6.08. The van der Waals surface area contributed by atoms with Crippen LogP contribution in [0.2, 0.25) is 0 Å². The Morgan fingerprint density at radius 1 is 1.18 bits per heavy atom. The van der Waals surface area contributed by atoms with Gasteiger partial charge >= 0.3 is 0 Å². The largest absolute Gasteiger partial charge is 0.352 e. The fourth-order valence-electron chi connectivity index (χ4n) is 3.45. The summed E-state index contributed by atoms with van der Waals surface area (Å²) in [5.41, 5.74) is 2.28. The van der Waals surface area contributed by atoms with Crippen molar-refractivity contribution >= 4 is 23.3 Å². The summed E-state index contributed by atoms with van der Waals surface area (Å²) in [7, 11) is 0. The number of aromatic nitrogens is 1. The Hall–Kier alpha value is -2.89. The molecule has 2 heterocycles. The SMILES string of the molecule is Cc1cccc(N(CC(=O)NC(C)C)C(=O)c2ccc(N3CCCC3)[nH+]c2)c1. The van der Waals surface area contributed by atoms with Gasteiger partial charge in [0, 0.05) is 17.8 Å². The van der Waals surface area contributed by atoms with Gasteiger partial charge in [0.25, 0.3) is 11.7 Å². The van der Waals surface area contributed by atoms with Crippen LogP contribution in [0.3, 0.4) is 0 Å². The minimum Gasteiger partial charge on any atom is -0.352 e. The van der Waals surface area contributed by atoms with E-state index in [2.05, 4.69) is 15.2 Å². The molecule has 2 N–H and O–H groups in total. The van der Waals surface area contributed by atoms with Crippen LogP contribution in [-0.4, -0.2) is 37.5 Å². The van der Waals surface area contributed by atoms with Crippen molar-refractivity contribution in [3.8, 4) is 0 Å². The number of aryl methyl sites for hydroxylation is 1. The molecule has 0 unspecified atom stereocenters. The number of aromatic amines is 1. The number of pyridine rings is 1. The Morgan fingerprint density at radius 3 is 2.54 bits per heavy atom. The fraction of sp³-hybridized carbons (Fsp3) is 0.409. The first kappa shape index (κ1) is 19.9. The maximum atomic E-state index is 13.2. The zero-order valence-corrected chi connectivity index (χ0v) is 16.9. The van der Waals surface area contributed by atoms with E-state index in [4.69, 9.17) is 0 Å². The number of nitrogens with zero attached hydrogens (tertiary/aromatic N) is 2. The normalized spacial score (nSPS) is 13.6. The summed E-state index contributed by atoms with van der Waals surface area (Å²) in [6.07, 6.45) is 4.13. The molecule has 1 fully saturated rings. The van der Waals surface area contributed by atoms with Gasteiger partial charge in [-0.15, -0.1) is 0 Å². The summed E-state index contributed by atoms with van der Waals surface area (Å²) in [6.45, 7) is 7.84. The maximum Gasteiger partial charge on any atom is 0.274 e. The Bertz CT molecular complexity index is 827. The molecule has 1 saturated heterocycles. The molecule has 1 aromatic heterocycles. The number of hydrogen-bond donors (Lipinski definition) is 1. The van der Waals surface area contributed by atoms with Gasteiger partial charge < -0.3 is 5.32 Å². The topological polar surface area (TPSA) is 66.8 Å². The quantitative estimate of drug-likeness (QED) is 0.836. The van der Waals surface area contributed by atoms with Crippen molar-refractivity contribution in [2.75, 3.05) is 29.4 Å². The Morgan fingerprint density at radius 2 is 1.93 bits per heavy atom. The van der Waals surface area contributed by atoms with Crippen molar-refractivity contribution in [1.82, 2.24) is 5.32 Å². The highest BCUT2D eigenvalue weighted by Gasteiger charge is 2.24. The maximum absolute atomic E-state index is 13.2. The van der Waals surface area contributed by atoms with Crippen LogP contribution in [0, 0.1) is 6.92 Å². The first-order valence-electron chi connectivity index (χ1n) is 9.88. The third-order valence-electron chi connectivity index (χ3n) is 4.80. The average molecular weight is 382 g/mol. The zero-order chi connectivity index (χ0) is 20.1. The first-order valence-corrected chi connectivity index (χ1v) is 9.88. The Labute approximate surface area is 166 Å². The van der Waals surface area contributed by atoms with Gasteiger partial charge in [0.2, 0.25) is 5.91 Å². The summed E-state index contributed by atoms with van der Waals surface area (Å²) in [4.78, 5) is 32.6. The molecule has 1 aromatic carbocycles. The van der Waals surface area contributed by atoms with Gasteiger partial charge in [0.05, 0.1) is 18.7 Å². The monoisotopic (exact) mass is 381 g/mol. The van der Waals surface area contributed by atoms with Gasteiger partial charge in [0.1, 0.15) is 12.7 Å². The van der Waals surface area contributed by atoms with E-state index in [-0.39, 0.29) is 24.4 Å². The van der Waals surface area contributed by atoms with Crippen molar-refractivity contribution in [2.24, 2.45) is 0 Å². The summed E-state index contributed by atoms with van der Waals surface area (Å²) in [5.74, 6) is 0.643. The number of carbonyl (C=O) groups is 2. The van der Waals surface area contributed by atoms with E-state index in [1.165, 1.54) is 17.7 Å². The van der Waals surface area contributed by atoms with E-state index in [9.17, 15) is 9.59 Å². The third kappa shape index (κ3) is 4.88. The average Bonchev–Trinajstić information content (AvgIpc) is 3.20. The highest BCUT2D eigenvalue weighted by atomic mass is 16.2. The minimum absolute atomic E-state index is 0.0195. The van der Waals surface area contributed by atoms with Crippen LogP contribution in [0.15, 0.2) is 42.6 Å². The van der Waals surface area contributed by atoms with Gasteiger partial charge in [0.15, 0.2) is 0 Å². The molecule has 0 radical (unpaired) electrons. The minimum atomic E-state index is -0.200. The van der Waals surface area contributed by atoms with Crippen molar-refractivity contribution in [1.29, 1.82) is 0 Å². The van der Waals surface area contributed by atoms with E-state index in [0.717, 1.165) is 24.5 Å². The first-order chi connectivity index (χ1) is 13.4. The lowest BCUT2D eigenvalue weighted by atomic mass is 10.1. The molecule has 148 valence electrons. The van der Waals surface area contributed by atoms with Crippen LogP contribution in [0.25, 0.3) is 0 Å². The van der Waals surface area contributed by atoms with Crippen LogP contribution in [-0.2, 0) is 4.79 Å². The van der Waals surface area contributed by atoms with Gasteiger partial charge in [-0.3, -0.25) is 19.4 Å². The molecule has 6 heteroatoms. The summed E-state index contributed by atoms with van der Waals surface area (Å²) in [6, 6.07) is 11.4. The second-order valence-electron chi connectivity index (χ2n) is 7.61. The fourth-order valence-corrected chi connectivity index (χ4v) is 3.45. The smallest absolute Gasteiger partial charge is 0.274 e. The van der Waals surface area contributed by atoms with Crippen molar-refractivity contribution < 1.29 is 14.6 Å². The number of rotatable bonds is 6. The molecule has 0 spiro atoms. The summed E-state index contributed by atoms with van der Waals surface area (Å²) >= 11 is 0. The molecule has 0 aliphatic carbocycles. The lowest BCUT2D eigenvalue weighted by Gasteiger charge is -2.23. The lowest BCUT2D eigenvalue weighted by molar-refractivity contribution is -0.364. The Kier molecular flexibility index (Phi) is 6.29. The highest BCUT2D eigenvalue weighted by Crippen LogP contribution is 2.20. The molecular formula is C22H29N4O2+. The standard InChI is InChI=1S/C22H28N4O2/c1-16(2)24-21(27)15-26(19-8-6-7-17(3)13-19)22(28)18-9-10-20(23-14-18)25-11-4-5-12-25/h6-10,13-14,16H,4-5,11-12,15H2,1-3H3,(H,24,27)/p+1. The molecular weight excluding hydrogens is 352 g/mol. The Balaban J connectivity index is 1.83. The zero-order valence-electron chi connectivity index (χ0n) is 16.9. The van der Waals surface area contributed by atoms with E-state index >= 15 is 0 Å². The predicted molar refractivity (Wildman–Crippen MR) is 111 cm³/mol. The van der Waals surface area contributed by atoms with Crippen LogP contribution < -0.4 is 20.1 Å². The predicted octanol–water partition coefficient (Wildman–Crippen LogP) is 2.58. The second-order valence-corrected chi connectivity index (χ2v) is 7.61. The molecule has 0 saturated carbocycles. The molecule has 1 aliphatic heterocycles. The second kappa shape index (κ2) is 8.87. The van der Waals surface area contributed by atoms with Crippen LogP contribution in [0.5, 0.6) is 0 Å². The van der Waals surface area contributed by atoms with Crippen molar-refractivity contribution in [3.05, 3.63) is 53.7 Å². The van der Waals surface area contributed by atoms with Crippen molar-refractivity contribution in [2.45, 2.75) is 39.7 Å². The molecule has 28 heavy (non-hydrogen) atoms. The van der Waals surface area contributed by atoms with E-state index in [0.29, 0.717) is 11.3 Å².